The van der Waals surface area contributed by atoms with Gasteiger partial charge in [-0.2, -0.15) is 0 Å². The number of hydrogen-bond donors (Lipinski definition) is 1. The van der Waals surface area contributed by atoms with E-state index in [1.54, 1.807) is 0 Å². The van der Waals surface area contributed by atoms with Gasteiger partial charge in [0.25, 0.3) is 0 Å². The first-order valence-corrected chi connectivity index (χ1v) is 5.51. The van der Waals surface area contributed by atoms with Crippen LogP contribution in [0.3, 0.4) is 0 Å². The molecule has 2 rings (SSSR count). The number of aliphatic hydroxyl groups excluding tert-OH is 1. The zero-order valence-corrected chi connectivity index (χ0v) is 8.00. The van der Waals surface area contributed by atoms with Crippen LogP contribution < -0.4 is 0 Å². The molecule has 0 bridgehead atoms. The third-order valence-corrected chi connectivity index (χ3v) is 3.92. The minimum atomic E-state index is 0.0839. The Morgan fingerprint density at radius 2 is 1.83 bits per heavy atom. The third kappa shape index (κ3) is 1.52. The number of rotatable bonds is 1. The molecule has 0 aromatic rings. The van der Waals surface area contributed by atoms with Gasteiger partial charge in [0.2, 0.25) is 0 Å². The predicted molar refractivity (Wildman–Crippen MR) is 49.9 cm³/mol. The summed E-state index contributed by atoms with van der Waals surface area (Å²) in [7, 11) is 0. The van der Waals surface area contributed by atoms with Gasteiger partial charge in [0.1, 0.15) is 0 Å². The second-order valence-corrected chi connectivity index (χ2v) is 4.60. The molecule has 1 N–H and O–H groups in total. The first kappa shape index (κ1) is 8.55. The number of aliphatic hydroxyl groups is 1. The van der Waals surface area contributed by atoms with Crippen molar-refractivity contribution in [2.24, 2.45) is 17.8 Å². The van der Waals surface area contributed by atoms with Crippen molar-refractivity contribution >= 4 is 0 Å². The van der Waals surface area contributed by atoms with Crippen molar-refractivity contribution in [1.29, 1.82) is 0 Å². The quantitative estimate of drug-likeness (QED) is 0.638. The van der Waals surface area contributed by atoms with Crippen molar-refractivity contribution in [3.63, 3.8) is 0 Å². The van der Waals surface area contributed by atoms with Crippen LogP contribution in [0, 0.1) is 17.8 Å². The molecular formula is C11H20O. The van der Waals surface area contributed by atoms with Crippen molar-refractivity contribution in [1.82, 2.24) is 0 Å². The Kier molecular flexibility index (Phi) is 2.40. The smallest absolute Gasteiger partial charge is 0.0603 e. The molecule has 0 saturated heterocycles. The van der Waals surface area contributed by atoms with Crippen molar-refractivity contribution in [2.45, 2.75) is 51.6 Å². The first-order valence-electron chi connectivity index (χ1n) is 5.51. The first-order chi connectivity index (χ1) is 5.83. The van der Waals surface area contributed by atoms with E-state index in [2.05, 4.69) is 6.92 Å². The van der Waals surface area contributed by atoms with E-state index in [0.29, 0.717) is 11.8 Å². The van der Waals surface area contributed by atoms with Crippen LogP contribution in [0.1, 0.15) is 45.4 Å². The average Bonchev–Trinajstić information content (AvgIpc) is 2.60. The van der Waals surface area contributed by atoms with Gasteiger partial charge in [0, 0.05) is 0 Å². The summed E-state index contributed by atoms with van der Waals surface area (Å²) in [6, 6.07) is 0. The van der Waals surface area contributed by atoms with E-state index in [1.165, 1.54) is 38.5 Å². The Hall–Kier alpha value is -0.0400. The van der Waals surface area contributed by atoms with Crippen LogP contribution in [0.4, 0.5) is 0 Å². The fraction of sp³-hybridized carbons (Fsp3) is 1.00. The highest BCUT2D eigenvalue weighted by Crippen LogP contribution is 2.48. The number of fused-ring (bicyclic) bond motifs is 1. The lowest BCUT2D eigenvalue weighted by Crippen LogP contribution is -2.03. The van der Waals surface area contributed by atoms with E-state index in [0.717, 1.165) is 5.92 Å². The van der Waals surface area contributed by atoms with Gasteiger partial charge >= 0.3 is 0 Å². The summed E-state index contributed by atoms with van der Waals surface area (Å²) in [6.45, 7) is 2.30. The molecule has 0 radical (unpaired) electrons. The maximum absolute atomic E-state index is 9.54. The van der Waals surface area contributed by atoms with Gasteiger partial charge in [-0.3, -0.25) is 0 Å². The largest absolute Gasteiger partial charge is 0.393 e. The Bertz CT molecular complexity index is 153. The molecule has 2 fully saturated rings. The normalized spacial score (nSPS) is 47.5. The van der Waals surface area contributed by atoms with E-state index in [1.807, 2.05) is 0 Å². The highest BCUT2D eigenvalue weighted by Gasteiger charge is 2.48. The van der Waals surface area contributed by atoms with Crippen molar-refractivity contribution < 1.29 is 5.11 Å². The van der Waals surface area contributed by atoms with Crippen LogP contribution in [-0.4, -0.2) is 11.2 Å². The molecule has 0 aromatic carbocycles. The summed E-state index contributed by atoms with van der Waals surface area (Å²) in [6.07, 6.45) is 8.15. The molecule has 4 atom stereocenters. The molecule has 0 amide bonds. The van der Waals surface area contributed by atoms with Gasteiger partial charge < -0.3 is 5.11 Å². The molecule has 2 aliphatic rings. The molecule has 1 nitrogen and oxygen atoms in total. The van der Waals surface area contributed by atoms with Crippen LogP contribution in [-0.2, 0) is 0 Å². The molecule has 70 valence electrons. The standard InChI is InChI=1S/C11H20O/c1-2-8-4-3-5-9-10(7-6-8)11(9)12/h8-12H,2-7H2,1H3. The van der Waals surface area contributed by atoms with Gasteiger partial charge in [-0.25, -0.2) is 0 Å². The maximum atomic E-state index is 9.54. The zero-order valence-electron chi connectivity index (χ0n) is 8.00. The van der Waals surface area contributed by atoms with Gasteiger partial charge in [-0.05, 0) is 30.6 Å². The monoisotopic (exact) mass is 168 g/mol. The molecule has 1 heteroatoms. The Balaban J connectivity index is 1.84. The summed E-state index contributed by atoms with van der Waals surface area (Å²) < 4.78 is 0. The summed E-state index contributed by atoms with van der Waals surface area (Å²) in [4.78, 5) is 0. The Morgan fingerprint density at radius 3 is 2.58 bits per heavy atom. The zero-order chi connectivity index (χ0) is 8.55. The maximum Gasteiger partial charge on any atom is 0.0603 e. The van der Waals surface area contributed by atoms with Crippen molar-refractivity contribution in [3.8, 4) is 0 Å². The summed E-state index contributed by atoms with van der Waals surface area (Å²) in [5.41, 5.74) is 0. The van der Waals surface area contributed by atoms with Crippen LogP contribution in [0.15, 0.2) is 0 Å². The minimum Gasteiger partial charge on any atom is -0.393 e. The fourth-order valence-corrected chi connectivity index (χ4v) is 2.82. The molecule has 2 aliphatic carbocycles. The molecule has 0 aliphatic heterocycles. The number of hydrogen-bond acceptors (Lipinski definition) is 1. The van der Waals surface area contributed by atoms with E-state index in [9.17, 15) is 5.11 Å². The highest BCUT2D eigenvalue weighted by molar-refractivity contribution is 4.97. The van der Waals surface area contributed by atoms with Crippen LogP contribution >= 0.6 is 0 Å². The molecule has 2 saturated carbocycles. The van der Waals surface area contributed by atoms with Crippen LogP contribution in [0.25, 0.3) is 0 Å². The molecule has 0 spiro atoms. The SMILES string of the molecule is CCC1CCCC2C(O)C2CC1. The molecule has 0 heterocycles. The van der Waals surface area contributed by atoms with Gasteiger partial charge in [0.05, 0.1) is 6.10 Å². The van der Waals surface area contributed by atoms with Crippen molar-refractivity contribution in [2.75, 3.05) is 0 Å². The van der Waals surface area contributed by atoms with Crippen LogP contribution in [0.5, 0.6) is 0 Å². The van der Waals surface area contributed by atoms with E-state index >= 15 is 0 Å². The topological polar surface area (TPSA) is 20.2 Å². The van der Waals surface area contributed by atoms with E-state index < -0.39 is 0 Å². The Labute approximate surface area is 75.2 Å². The third-order valence-electron chi connectivity index (χ3n) is 3.92. The highest BCUT2D eigenvalue weighted by atomic mass is 16.3. The molecular weight excluding hydrogens is 148 g/mol. The average molecular weight is 168 g/mol. The van der Waals surface area contributed by atoms with E-state index in [-0.39, 0.29) is 6.10 Å². The lowest BCUT2D eigenvalue weighted by Gasteiger charge is -2.16. The minimum absolute atomic E-state index is 0.0839. The molecule has 12 heavy (non-hydrogen) atoms. The Morgan fingerprint density at radius 1 is 1.08 bits per heavy atom. The van der Waals surface area contributed by atoms with Crippen LogP contribution in [0.2, 0.25) is 0 Å². The van der Waals surface area contributed by atoms with Gasteiger partial charge in [-0.1, -0.05) is 32.6 Å². The lowest BCUT2D eigenvalue weighted by molar-refractivity contribution is 0.244. The molecule has 4 unspecified atom stereocenters. The van der Waals surface area contributed by atoms with Gasteiger partial charge in [0.15, 0.2) is 0 Å². The second kappa shape index (κ2) is 3.37. The van der Waals surface area contributed by atoms with Gasteiger partial charge in [-0.15, -0.1) is 0 Å². The predicted octanol–water partition coefficient (Wildman–Crippen LogP) is 2.58. The second-order valence-electron chi connectivity index (χ2n) is 4.60. The molecule has 0 aromatic heterocycles. The summed E-state index contributed by atoms with van der Waals surface area (Å²) >= 11 is 0. The fourth-order valence-electron chi connectivity index (χ4n) is 2.82. The van der Waals surface area contributed by atoms with E-state index in [4.69, 9.17) is 0 Å². The summed E-state index contributed by atoms with van der Waals surface area (Å²) in [5, 5.41) is 9.54. The van der Waals surface area contributed by atoms with Crippen molar-refractivity contribution in [3.05, 3.63) is 0 Å². The lowest BCUT2D eigenvalue weighted by atomic mass is 9.90. The summed E-state index contributed by atoms with van der Waals surface area (Å²) in [5.74, 6) is 2.35.